The van der Waals surface area contributed by atoms with Crippen LogP contribution in [0.4, 0.5) is 0 Å². The van der Waals surface area contributed by atoms with Crippen molar-refractivity contribution in [2.75, 3.05) is 7.05 Å². The van der Waals surface area contributed by atoms with E-state index in [-0.39, 0.29) is 23.8 Å². The molecule has 2 atom stereocenters. The number of hydrogen-bond donors (Lipinski definition) is 2. The van der Waals surface area contributed by atoms with E-state index in [1.807, 2.05) is 6.92 Å². The van der Waals surface area contributed by atoms with Crippen LogP contribution in [0.5, 0.6) is 0 Å². The maximum absolute atomic E-state index is 12.8. The second-order valence-electron chi connectivity index (χ2n) is 6.99. The summed E-state index contributed by atoms with van der Waals surface area (Å²) in [6.07, 6.45) is 6.98. The van der Waals surface area contributed by atoms with Crippen molar-refractivity contribution in [2.45, 2.75) is 82.8 Å². The van der Waals surface area contributed by atoms with Gasteiger partial charge in [0.05, 0.1) is 0 Å². The van der Waals surface area contributed by atoms with Crippen molar-refractivity contribution in [3.8, 4) is 0 Å². The Morgan fingerprint density at radius 2 is 1.91 bits per heavy atom. The van der Waals surface area contributed by atoms with Crippen LogP contribution in [0.3, 0.4) is 0 Å². The number of rotatable bonds is 5. The largest absolute Gasteiger partial charge is 0.351 e. The molecule has 1 aliphatic heterocycles. The van der Waals surface area contributed by atoms with E-state index in [1.165, 1.54) is 11.3 Å². The fraction of sp³-hybridized carbons (Fsp3) is 0.824. The summed E-state index contributed by atoms with van der Waals surface area (Å²) >= 11 is 0. The summed E-state index contributed by atoms with van der Waals surface area (Å²) in [6.45, 7) is 3.72. The Hall–Kier alpha value is -1.59. The van der Waals surface area contributed by atoms with E-state index in [0.29, 0.717) is 19.3 Å². The molecule has 0 spiro atoms. The molecule has 1 heterocycles. The van der Waals surface area contributed by atoms with Gasteiger partial charge in [-0.3, -0.25) is 14.4 Å². The Labute approximate surface area is 138 Å². The Morgan fingerprint density at radius 1 is 1.26 bits per heavy atom. The molecule has 2 rings (SSSR count). The van der Waals surface area contributed by atoms with Gasteiger partial charge in [0, 0.05) is 19.5 Å². The molecule has 2 fully saturated rings. The molecule has 1 aliphatic carbocycles. The first-order chi connectivity index (χ1) is 10.9. The third kappa shape index (κ3) is 3.85. The predicted molar refractivity (Wildman–Crippen MR) is 87.6 cm³/mol. The van der Waals surface area contributed by atoms with E-state index >= 15 is 0 Å². The minimum Gasteiger partial charge on any atom is -0.351 e. The number of nitrogens with one attached hydrogen (secondary N) is 2. The zero-order valence-electron chi connectivity index (χ0n) is 14.5. The number of nitrogens with zero attached hydrogens (tertiary/aromatic N) is 1. The molecule has 2 aliphatic rings. The Bertz CT molecular complexity index is 474. The number of carbonyl (C=O) groups is 3. The van der Waals surface area contributed by atoms with Gasteiger partial charge in [0.15, 0.2) is 0 Å². The monoisotopic (exact) mass is 323 g/mol. The Kier molecular flexibility index (Phi) is 5.65. The third-order valence-corrected chi connectivity index (χ3v) is 5.48. The van der Waals surface area contributed by atoms with E-state index in [2.05, 4.69) is 10.6 Å². The molecule has 3 amide bonds. The lowest BCUT2D eigenvalue weighted by Crippen LogP contribution is -2.61. The summed E-state index contributed by atoms with van der Waals surface area (Å²) in [5, 5.41) is 5.81. The zero-order chi connectivity index (χ0) is 17.0. The normalized spacial score (nSPS) is 24.7. The van der Waals surface area contributed by atoms with Gasteiger partial charge in [0.25, 0.3) is 0 Å². The first-order valence-electron chi connectivity index (χ1n) is 8.76. The molecule has 130 valence electrons. The van der Waals surface area contributed by atoms with Crippen LogP contribution in [-0.2, 0) is 14.4 Å². The van der Waals surface area contributed by atoms with Crippen molar-refractivity contribution in [3.05, 3.63) is 0 Å². The van der Waals surface area contributed by atoms with Crippen LogP contribution in [0.15, 0.2) is 0 Å². The highest BCUT2D eigenvalue weighted by Gasteiger charge is 2.42. The summed E-state index contributed by atoms with van der Waals surface area (Å²) in [7, 11) is 1.66. The predicted octanol–water partition coefficient (Wildman–Crippen LogP) is 1.34. The quantitative estimate of drug-likeness (QED) is 0.801. The molecule has 0 bridgehead atoms. The van der Waals surface area contributed by atoms with Gasteiger partial charge in [-0.15, -0.1) is 0 Å². The van der Waals surface area contributed by atoms with Crippen LogP contribution < -0.4 is 10.6 Å². The van der Waals surface area contributed by atoms with Crippen molar-refractivity contribution in [1.29, 1.82) is 0 Å². The summed E-state index contributed by atoms with van der Waals surface area (Å²) in [6, 6.07) is -0.280. The van der Waals surface area contributed by atoms with E-state index in [4.69, 9.17) is 0 Å². The average molecular weight is 323 g/mol. The Balaban J connectivity index is 2.03. The Morgan fingerprint density at radius 3 is 2.43 bits per heavy atom. The van der Waals surface area contributed by atoms with Crippen molar-refractivity contribution in [2.24, 2.45) is 0 Å². The molecule has 0 aromatic carbocycles. The van der Waals surface area contributed by atoms with Crippen LogP contribution in [0.2, 0.25) is 0 Å². The van der Waals surface area contributed by atoms with Crippen molar-refractivity contribution in [1.82, 2.24) is 15.5 Å². The topological polar surface area (TPSA) is 78.5 Å². The minimum absolute atomic E-state index is 0.0907. The van der Waals surface area contributed by atoms with Gasteiger partial charge < -0.3 is 15.5 Å². The second-order valence-corrected chi connectivity index (χ2v) is 6.99. The highest BCUT2D eigenvalue weighted by molar-refractivity contribution is 5.95. The maximum Gasteiger partial charge on any atom is 0.245 e. The molecule has 0 unspecified atom stereocenters. The van der Waals surface area contributed by atoms with Gasteiger partial charge in [-0.05, 0) is 32.6 Å². The molecule has 1 saturated heterocycles. The molecule has 0 aromatic rings. The molecule has 23 heavy (non-hydrogen) atoms. The first-order valence-corrected chi connectivity index (χ1v) is 8.76. The fourth-order valence-corrected chi connectivity index (χ4v) is 3.41. The summed E-state index contributed by atoms with van der Waals surface area (Å²) in [5.41, 5.74) is -0.887. The molecular formula is C17H29N3O3. The van der Waals surface area contributed by atoms with Gasteiger partial charge in [-0.1, -0.05) is 26.2 Å². The number of carbonyl (C=O) groups excluding carboxylic acids is 3. The standard InChI is InChI=1S/C17H29N3O3/c1-4-17(2,16(23)18-12-8-6-5-7-9-12)20(3)15(22)13-10-11-14(21)19-13/h12-13H,4-11H2,1-3H3,(H,18,23)(H,19,21)/t13-,17-/m1/s1. The molecule has 1 saturated carbocycles. The fourth-order valence-electron chi connectivity index (χ4n) is 3.41. The lowest BCUT2D eigenvalue weighted by molar-refractivity contribution is -0.147. The maximum atomic E-state index is 12.8. The highest BCUT2D eigenvalue weighted by atomic mass is 16.2. The van der Waals surface area contributed by atoms with Crippen molar-refractivity contribution >= 4 is 17.7 Å². The highest BCUT2D eigenvalue weighted by Crippen LogP contribution is 2.23. The SMILES string of the molecule is CC[C@](C)(C(=O)NC1CCCCC1)N(C)C(=O)[C@H]1CCC(=O)N1. The van der Waals surface area contributed by atoms with Crippen molar-refractivity contribution < 1.29 is 14.4 Å². The average Bonchev–Trinajstić information content (AvgIpc) is 3.00. The molecule has 6 heteroatoms. The lowest BCUT2D eigenvalue weighted by Gasteiger charge is -2.39. The van der Waals surface area contributed by atoms with E-state index in [1.54, 1.807) is 14.0 Å². The minimum atomic E-state index is -0.887. The molecule has 0 aromatic heterocycles. The van der Waals surface area contributed by atoms with Crippen LogP contribution in [-0.4, -0.2) is 47.3 Å². The summed E-state index contributed by atoms with van der Waals surface area (Å²) < 4.78 is 0. The van der Waals surface area contributed by atoms with Gasteiger partial charge in [0.2, 0.25) is 17.7 Å². The second kappa shape index (κ2) is 7.32. The lowest BCUT2D eigenvalue weighted by atomic mass is 9.91. The number of amides is 3. The van der Waals surface area contributed by atoms with Crippen LogP contribution in [0.1, 0.15) is 65.2 Å². The smallest absolute Gasteiger partial charge is 0.245 e. The zero-order valence-corrected chi connectivity index (χ0v) is 14.5. The number of hydrogen-bond acceptors (Lipinski definition) is 3. The first kappa shape index (κ1) is 17.8. The van der Waals surface area contributed by atoms with E-state index in [9.17, 15) is 14.4 Å². The molecule has 0 radical (unpaired) electrons. The molecular weight excluding hydrogens is 294 g/mol. The van der Waals surface area contributed by atoms with E-state index < -0.39 is 11.6 Å². The van der Waals surface area contributed by atoms with Crippen LogP contribution in [0, 0.1) is 0 Å². The summed E-state index contributed by atoms with van der Waals surface area (Å²) in [4.78, 5) is 38.3. The van der Waals surface area contributed by atoms with Crippen LogP contribution in [0.25, 0.3) is 0 Å². The van der Waals surface area contributed by atoms with Crippen molar-refractivity contribution in [3.63, 3.8) is 0 Å². The summed E-state index contributed by atoms with van der Waals surface area (Å²) in [5.74, 6) is -0.368. The van der Waals surface area contributed by atoms with Gasteiger partial charge in [0.1, 0.15) is 11.6 Å². The van der Waals surface area contributed by atoms with Gasteiger partial charge in [-0.2, -0.15) is 0 Å². The van der Waals surface area contributed by atoms with Gasteiger partial charge >= 0.3 is 0 Å². The molecule has 6 nitrogen and oxygen atoms in total. The number of likely N-dealkylation sites (N-methyl/N-ethyl adjacent to an activating group) is 1. The van der Waals surface area contributed by atoms with Gasteiger partial charge in [-0.25, -0.2) is 0 Å². The van der Waals surface area contributed by atoms with Crippen LogP contribution >= 0.6 is 0 Å². The molecule has 2 N–H and O–H groups in total. The van der Waals surface area contributed by atoms with E-state index in [0.717, 1.165) is 25.7 Å². The third-order valence-electron chi connectivity index (χ3n) is 5.48.